The molecule has 3 atom stereocenters. The Balaban J connectivity index is 1.86. The molecule has 2 fully saturated rings. The summed E-state index contributed by atoms with van der Waals surface area (Å²) < 4.78 is 0. The highest BCUT2D eigenvalue weighted by Gasteiger charge is 2.47. The number of benzene rings is 1. The Morgan fingerprint density at radius 2 is 1.95 bits per heavy atom. The Labute approximate surface area is 117 Å². The van der Waals surface area contributed by atoms with Crippen molar-refractivity contribution in [2.45, 2.75) is 56.7 Å². The Hall–Kier alpha value is -0.860. The summed E-state index contributed by atoms with van der Waals surface area (Å²) in [7, 11) is 2.32. The molecule has 2 heteroatoms. The Morgan fingerprint density at radius 3 is 2.74 bits per heavy atom. The van der Waals surface area contributed by atoms with E-state index in [0.29, 0.717) is 12.1 Å². The molecule has 0 saturated carbocycles. The lowest BCUT2D eigenvalue weighted by atomic mass is 9.85. The van der Waals surface area contributed by atoms with Crippen LogP contribution >= 0.6 is 0 Å². The maximum absolute atomic E-state index is 3.85. The first kappa shape index (κ1) is 13.1. The van der Waals surface area contributed by atoms with Gasteiger partial charge in [-0.15, -0.1) is 0 Å². The Bertz CT molecular complexity index is 417. The van der Waals surface area contributed by atoms with Gasteiger partial charge in [-0.1, -0.05) is 43.2 Å². The van der Waals surface area contributed by atoms with E-state index in [0.717, 1.165) is 0 Å². The molecule has 0 spiro atoms. The number of likely N-dealkylation sites (tertiary alicyclic amines) is 1. The molecule has 1 N–H and O–H groups in total. The van der Waals surface area contributed by atoms with Crippen LogP contribution in [0.15, 0.2) is 30.3 Å². The lowest BCUT2D eigenvalue weighted by Crippen LogP contribution is -2.52. The molecule has 0 bridgehead atoms. The molecule has 1 unspecified atom stereocenters. The fourth-order valence-electron chi connectivity index (χ4n) is 4.10. The highest BCUT2D eigenvalue weighted by molar-refractivity contribution is 5.23. The molecule has 2 saturated heterocycles. The highest BCUT2D eigenvalue weighted by atomic mass is 15.3. The second kappa shape index (κ2) is 5.26. The molecule has 3 rings (SSSR count). The van der Waals surface area contributed by atoms with Crippen LogP contribution in [0.2, 0.25) is 0 Å². The molecule has 2 nitrogen and oxygen atoms in total. The summed E-state index contributed by atoms with van der Waals surface area (Å²) in [5, 5.41) is 3.85. The van der Waals surface area contributed by atoms with Crippen LogP contribution in [0.4, 0.5) is 0 Å². The van der Waals surface area contributed by atoms with Gasteiger partial charge in [0, 0.05) is 17.6 Å². The maximum atomic E-state index is 3.85. The lowest BCUT2D eigenvalue weighted by Gasteiger charge is -2.37. The lowest BCUT2D eigenvalue weighted by molar-refractivity contribution is 0.176. The predicted molar refractivity (Wildman–Crippen MR) is 80.2 cm³/mol. The number of hydrogen-bond acceptors (Lipinski definition) is 2. The van der Waals surface area contributed by atoms with Crippen LogP contribution < -0.4 is 5.32 Å². The zero-order valence-electron chi connectivity index (χ0n) is 12.2. The van der Waals surface area contributed by atoms with Gasteiger partial charge in [0.05, 0.1) is 0 Å². The molecular weight excluding hydrogens is 232 g/mol. The summed E-state index contributed by atoms with van der Waals surface area (Å²) in [6, 6.07) is 12.3. The number of nitrogens with zero attached hydrogens (tertiary/aromatic N) is 1. The van der Waals surface area contributed by atoms with E-state index in [1.807, 2.05) is 0 Å². The molecule has 0 radical (unpaired) electrons. The standard InChI is InChI=1S/C17H26N2/c1-17-13-15(14-9-5-3-6-10-14)19(2)16(17)11-7-4-8-12-18-17/h3,5-6,9-10,15-16,18H,4,7-8,11-13H2,1-2H3/t15-,16?,17-/m0/s1. The number of fused-ring (bicyclic) bond motifs is 1. The summed E-state index contributed by atoms with van der Waals surface area (Å²) in [6.07, 6.45) is 6.67. The first-order valence-corrected chi connectivity index (χ1v) is 7.73. The monoisotopic (exact) mass is 258 g/mol. The minimum Gasteiger partial charge on any atom is -0.310 e. The van der Waals surface area contributed by atoms with Gasteiger partial charge in [-0.2, -0.15) is 0 Å². The van der Waals surface area contributed by atoms with Gasteiger partial charge in [-0.05, 0) is 45.3 Å². The molecule has 19 heavy (non-hydrogen) atoms. The average molecular weight is 258 g/mol. The summed E-state index contributed by atoms with van der Waals surface area (Å²) in [5.41, 5.74) is 1.76. The van der Waals surface area contributed by atoms with Gasteiger partial charge in [0.25, 0.3) is 0 Å². The van der Waals surface area contributed by atoms with E-state index in [2.05, 4.69) is 54.5 Å². The van der Waals surface area contributed by atoms with Gasteiger partial charge in [0.2, 0.25) is 0 Å². The van der Waals surface area contributed by atoms with Gasteiger partial charge in [-0.25, -0.2) is 0 Å². The minimum atomic E-state index is 0.287. The van der Waals surface area contributed by atoms with Crippen LogP contribution in [-0.4, -0.2) is 30.1 Å². The van der Waals surface area contributed by atoms with Gasteiger partial charge in [-0.3, -0.25) is 4.90 Å². The molecule has 0 aliphatic carbocycles. The van der Waals surface area contributed by atoms with Gasteiger partial charge < -0.3 is 5.32 Å². The minimum absolute atomic E-state index is 0.287. The molecule has 1 aromatic rings. The number of likely N-dealkylation sites (N-methyl/N-ethyl adjacent to an activating group) is 1. The quantitative estimate of drug-likeness (QED) is 0.831. The number of nitrogens with one attached hydrogen (secondary N) is 1. The van der Waals surface area contributed by atoms with Crippen molar-refractivity contribution in [3.05, 3.63) is 35.9 Å². The van der Waals surface area contributed by atoms with Crippen LogP contribution in [0.25, 0.3) is 0 Å². The van der Waals surface area contributed by atoms with Crippen molar-refractivity contribution < 1.29 is 0 Å². The fourth-order valence-corrected chi connectivity index (χ4v) is 4.10. The van der Waals surface area contributed by atoms with Crippen molar-refractivity contribution in [3.8, 4) is 0 Å². The van der Waals surface area contributed by atoms with E-state index in [-0.39, 0.29) is 5.54 Å². The fraction of sp³-hybridized carbons (Fsp3) is 0.647. The van der Waals surface area contributed by atoms with Gasteiger partial charge >= 0.3 is 0 Å². The maximum Gasteiger partial charge on any atom is 0.0366 e. The van der Waals surface area contributed by atoms with Crippen molar-refractivity contribution in [2.24, 2.45) is 0 Å². The number of hydrogen-bond donors (Lipinski definition) is 1. The van der Waals surface area contributed by atoms with E-state index >= 15 is 0 Å². The second-order valence-corrected chi connectivity index (χ2v) is 6.51. The van der Waals surface area contributed by atoms with Crippen molar-refractivity contribution >= 4 is 0 Å². The van der Waals surface area contributed by atoms with E-state index in [1.54, 1.807) is 0 Å². The molecule has 2 aliphatic rings. The van der Waals surface area contributed by atoms with E-state index in [9.17, 15) is 0 Å². The second-order valence-electron chi connectivity index (χ2n) is 6.51. The first-order chi connectivity index (χ1) is 9.21. The Morgan fingerprint density at radius 1 is 1.16 bits per heavy atom. The van der Waals surface area contributed by atoms with Crippen LogP contribution in [0.3, 0.4) is 0 Å². The molecule has 2 heterocycles. The molecule has 2 aliphatic heterocycles. The van der Waals surface area contributed by atoms with Crippen molar-refractivity contribution in [2.75, 3.05) is 13.6 Å². The molecule has 104 valence electrons. The van der Waals surface area contributed by atoms with Crippen LogP contribution in [0.1, 0.15) is 50.6 Å². The predicted octanol–water partition coefficient (Wildman–Crippen LogP) is 3.35. The zero-order chi connectivity index (χ0) is 13.3. The molecule has 1 aromatic carbocycles. The SMILES string of the molecule is CN1C2CCCCCN[C@@]2(C)C[C@H]1c1ccccc1. The summed E-state index contributed by atoms with van der Waals surface area (Å²) in [6.45, 7) is 3.62. The van der Waals surface area contributed by atoms with Crippen molar-refractivity contribution in [1.29, 1.82) is 0 Å². The topological polar surface area (TPSA) is 15.3 Å². The van der Waals surface area contributed by atoms with E-state index < -0.39 is 0 Å². The normalized spacial score (nSPS) is 36.5. The van der Waals surface area contributed by atoms with E-state index in [1.165, 1.54) is 44.2 Å². The van der Waals surface area contributed by atoms with Crippen LogP contribution in [0, 0.1) is 0 Å². The largest absolute Gasteiger partial charge is 0.310 e. The molecule has 0 aromatic heterocycles. The van der Waals surface area contributed by atoms with Gasteiger partial charge in [0.15, 0.2) is 0 Å². The van der Waals surface area contributed by atoms with Crippen molar-refractivity contribution in [1.82, 2.24) is 10.2 Å². The van der Waals surface area contributed by atoms with Crippen LogP contribution in [0.5, 0.6) is 0 Å². The third-order valence-corrected chi connectivity index (χ3v) is 5.20. The number of rotatable bonds is 1. The van der Waals surface area contributed by atoms with Gasteiger partial charge in [0.1, 0.15) is 0 Å². The summed E-state index contributed by atoms with van der Waals surface area (Å²) in [5.74, 6) is 0. The average Bonchev–Trinajstić information content (AvgIpc) is 2.64. The first-order valence-electron chi connectivity index (χ1n) is 7.73. The smallest absolute Gasteiger partial charge is 0.0366 e. The van der Waals surface area contributed by atoms with Crippen molar-refractivity contribution in [3.63, 3.8) is 0 Å². The van der Waals surface area contributed by atoms with Crippen LogP contribution in [-0.2, 0) is 0 Å². The summed E-state index contributed by atoms with van der Waals surface area (Å²) in [4.78, 5) is 2.62. The third-order valence-electron chi connectivity index (χ3n) is 5.20. The molecule has 0 amide bonds. The Kier molecular flexibility index (Phi) is 3.64. The summed E-state index contributed by atoms with van der Waals surface area (Å²) >= 11 is 0. The third kappa shape index (κ3) is 2.44. The van der Waals surface area contributed by atoms with E-state index in [4.69, 9.17) is 0 Å². The molecular formula is C17H26N2. The highest BCUT2D eigenvalue weighted by Crippen LogP contribution is 2.43. The zero-order valence-corrected chi connectivity index (χ0v) is 12.2.